The molecule has 9 heteroatoms. The highest BCUT2D eigenvalue weighted by Gasteiger charge is 2.14. The number of hydrogen-bond donors (Lipinski definition) is 2. The van der Waals surface area contributed by atoms with Crippen molar-refractivity contribution in [2.75, 3.05) is 0 Å². The molecule has 20 heavy (non-hydrogen) atoms. The molecule has 3 aromatic heterocycles. The molecular weight excluding hydrogens is 262 g/mol. The van der Waals surface area contributed by atoms with Gasteiger partial charge in [0.1, 0.15) is 30.5 Å². The number of nitrogens with two attached hydrogens (primary N) is 1. The Bertz CT molecular complexity index is 763. The van der Waals surface area contributed by atoms with Crippen LogP contribution in [0.25, 0.3) is 11.2 Å². The molecule has 1 atom stereocenters. The maximum atomic E-state index is 10.7. The van der Waals surface area contributed by atoms with Crippen molar-refractivity contribution in [3.05, 3.63) is 37.1 Å². The van der Waals surface area contributed by atoms with Gasteiger partial charge in [-0.2, -0.15) is 0 Å². The third-order valence-electron chi connectivity index (χ3n) is 2.81. The zero-order valence-electron chi connectivity index (χ0n) is 10.3. The lowest BCUT2D eigenvalue weighted by atomic mass is 10.2. The number of fused-ring (bicyclic) bond motifs is 1. The predicted molar refractivity (Wildman–Crippen MR) is 67.7 cm³/mol. The van der Waals surface area contributed by atoms with E-state index in [2.05, 4.69) is 19.9 Å². The van der Waals surface area contributed by atoms with Gasteiger partial charge in [-0.3, -0.25) is 4.79 Å². The average Bonchev–Trinajstić information content (AvgIpc) is 3.04. The van der Waals surface area contributed by atoms with Gasteiger partial charge in [0.15, 0.2) is 5.65 Å². The molecule has 102 valence electrons. The molecule has 0 fully saturated rings. The quantitative estimate of drug-likeness (QED) is 0.643. The van der Waals surface area contributed by atoms with Crippen molar-refractivity contribution in [2.45, 2.75) is 12.5 Å². The zero-order chi connectivity index (χ0) is 14.1. The van der Waals surface area contributed by atoms with Crippen LogP contribution < -0.4 is 5.73 Å². The van der Waals surface area contributed by atoms with E-state index in [9.17, 15) is 4.79 Å². The first-order chi connectivity index (χ1) is 9.65. The highest BCUT2D eigenvalue weighted by molar-refractivity contribution is 5.73. The van der Waals surface area contributed by atoms with Crippen LogP contribution in [0.3, 0.4) is 0 Å². The monoisotopic (exact) mass is 273 g/mol. The highest BCUT2D eigenvalue weighted by Crippen LogP contribution is 2.09. The highest BCUT2D eigenvalue weighted by atomic mass is 16.4. The largest absolute Gasteiger partial charge is 0.480 e. The topological polar surface area (TPSA) is 125 Å². The normalized spacial score (nSPS) is 12.7. The molecule has 0 radical (unpaired) electrons. The second-order valence-corrected chi connectivity index (χ2v) is 4.21. The Hall–Kier alpha value is -2.81. The summed E-state index contributed by atoms with van der Waals surface area (Å²) in [6, 6.07) is -0.972. The van der Waals surface area contributed by atoms with E-state index in [0.29, 0.717) is 16.9 Å². The second kappa shape index (κ2) is 4.70. The number of carbonyl (C=O) groups is 1. The maximum Gasteiger partial charge on any atom is 0.320 e. The smallest absolute Gasteiger partial charge is 0.320 e. The SMILES string of the molecule is N[C@@H](Cc1cn(-n2cnc3cncnc32)cn1)C(=O)O. The molecule has 0 unspecified atom stereocenters. The number of carboxylic acid groups (broad SMARTS) is 1. The van der Waals surface area contributed by atoms with Crippen molar-refractivity contribution in [3.8, 4) is 0 Å². The number of rotatable bonds is 4. The molecule has 0 aliphatic heterocycles. The van der Waals surface area contributed by atoms with Crippen LogP contribution in [0, 0.1) is 0 Å². The molecule has 9 nitrogen and oxygen atoms in total. The zero-order valence-corrected chi connectivity index (χ0v) is 10.3. The summed E-state index contributed by atoms with van der Waals surface area (Å²) in [7, 11) is 0. The van der Waals surface area contributed by atoms with Crippen molar-refractivity contribution >= 4 is 17.1 Å². The fourth-order valence-electron chi connectivity index (χ4n) is 1.81. The molecule has 0 saturated carbocycles. The molecule has 0 aliphatic carbocycles. The minimum absolute atomic E-state index is 0.157. The van der Waals surface area contributed by atoms with Crippen molar-refractivity contribution in [1.82, 2.24) is 29.3 Å². The third-order valence-corrected chi connectivity index (χ3v) is 2.81. The van der Waals surface area contributed by atoms with Crippen molar-refractivity contribution < 1.29 is 9.90 Å². The number of imidazole rings is 2. The Balaban J connectivity index is 1.92. The number of aromatic nitrogens is 6. The fourth-order valence-corrected chi connectivity index (χ4v) is 1.81. The molecule has 0 aromatic carbocycles. The molecule has 0 aliphatic rings. The van der Waals surface area contributed by atoms with E-state index in [0.717, 1.165) is 0 Å². The van der Waals surface area contributed by atoms with Crippen LogP contribution in [0.5, 0.6) is 0 Å². The lowest BCUT2D eigenvalue weighted by Gasteiger charge is -2.03. The van der Waals surface area contributed by atoms with Crippen LogP contribution in [-0.4, -0.2) is 46.4 Å². The molecule has 3 N–H and O–H groups in total. The molecule has 3 aromatic rings. The summed E-state index contributed by atoms with van der Waals surface area (Å²) >= 11 is 0. The molecule has 3 heterocycles. The Morgan fingerprint density at radius 3 is 3.00 bits per heavy atom. The summed E-state index contributed by atoms with van der Waals surface area (Å²) < 4.78 is 3.34. The van der Waals surface area contributed by atoms with E-state index in [1.165, 1.54) is 6.33 Å². The maximum absolute atomic E-state index is 10.7. The minimum Gasteiger partial charge on any atom is -0.480 e. The van der Waals surface area contributed by atoms with Gasteiger partial charge in [0, 0.05) is 6.42 Å². The van der Waals surface area contributed by atoms with Crippen LogP contribution in [0.4, 0.5) is 0 Å². The van der Waals surface area contributed by atoms with Gasteiger partial charge in [0.05, 0.1) is 18.1 Å². The van der Waals surface area contributed by atoms with Crippen LogP contribution >= 0.6 is 0 Å². The number of carboxylic acids is 1. The Labute approximate surface area is 112 Å². The van der Waals surface area contributed by atoms with E-state index < -0.39 is 12.0 Å². The van der Waals surface area contributed by atoms with Gasteiger partial charge in [0.25, 0.3) is 0 Å². The molecule has 0 spiro atoms. The van der Waals surface area contributed by atoms with E-state index in [1.54, 1.807) is 34.4 Å². The first-order valence-electron chi connectivity index (χ1n) is 5.80. The molecule has 0 amide bonds. The molecule has 0 bridgehead atoms. The third kappa shape index (κ3) is 2.10. The van der Waals surface area contributed by atoms with E-state index in [1.807, 2.05) is 0 Å². The van der Waals surface area contributed by atoms with Crippen LogP contribution in [-0.2, 0) is 11.2 Å². The van der Waals surface area contributed by atoms with Crippen molar-refractivity contribution in [2.24, 2.45) is 5.73 Å². The summed E-state index contributed by atoms with van der Waals surface area (Å²) in [4.78, 5) is 27.0. The van der Waals surface area contributed by atoms with Crippen LogP contribution in [0.15, 0.2) is 31.4 Å². The Morgan fingerprint density at radius 2 is 2.20 bits per heavy atom. The summed E-state index contributed by atoms with van der Waals surface area (Å²) in [6.45, 7) is 0. The molecule has 0 saturated heterocycles. The van der Waals surface area contributed by atoms with Gasteiger partial charge in [-0.25, -0.2) is 29.3 Å². The molecular formula is C11H11N7O2. The summed E-state index contributed by atoms with van der Waals surface area (Å²) in [5.74, 6) is -1.06. The summed E-state index contributed by atoms with van der Waals surface area (Å²) in [5, 5.41) is 8.78. The Kier molecular flexibility index (Phi) is 2.88. The van der Waals surface area contributed by atoms with Gasteiger partial charge >= 0.3 is 5.97 Å². The van der Waals surface area contributed by atoms with Crippen molar-refractivity contribution in [1.29, 1.82) is 0 Å². The molecule has 3 rings (SSSR count). The van der Waals surface area contributed by atoms with Gasteiger partial charge in [-0.05, 0) is 0 Å². The Morgan fingerprint density at radius 1 is 1.35 bits per heavy atom. The van der Waals surface area contributed by atoms with E-state index in [4.69, 9.17) is 10.8 Å². The average molecular weight is 273 g/mol. The first kappa shape index (κ1) is 12.2. The standard InChI is InChI=1S/C11H11N7O2/c12-8(11(19)20)1-7-3-17(5-15-7)18-6-16-9-2-13-4-14-10(9)18/h2-6,8H,1,12H2,(H,19,20)/t8-/m0/s1. The van der Waals surface area contributed by atoms with E-state index >= 15 is 0 Å². The number of hydrogen-bond acceptors (Lipinski definition) is 6. The van der Waals surface area contributed by atoms with Crippen molar-refractivity contribution in [3.63, 3.8) is 0 Å². The number of aliphatic carboxylic acids is 1. The van der Waals surface area contributed by atoms with Gasteiger partial charge < -0.3 is 10.8 Å². The summed E-state index contributed by atoms with van der Waals surface area (Å²) in [5.41, 5.74) is 7.35. The predicted octanol–water partition coefficient (Wildman–Crippen LogP) is -0.711. The van der Waals surface area contributed by atoms with E-state index in [-0.39, 0.29) is 6.42 Å². The lowest BCUT2D eigenvalue weighted by Crippen LogP contribution is -2.32. The van der Waals surface area contributed by atoms with Gasteiger partial charge in [0.2, 0.25) is 0 Å². The van der Waals surface area contributed by atoms with Gasteiger partial charge in [-0.15, -0.1) is 0 Å². The minimum atomic E-state index is -1.06. The second-order valence-electron chi connectivity index (χ2n) is 4.21. The first-order valence-corrected chi connectivity index (χ1v) is 5.80. The fraction of sp³-hybridized carbons (Fsp3) is 0.182. The summed E-state index contributed by atoms with van der Waals surface area (Å²) in [6.07, 6.45) is 8.01. The number of nitrogens with zero attached hydrogens (tertiary/aromatic N) is 6. The van der Waals surface area contributed by atoms with Crippen LogP contribution in [0.2, 0.25) is 0 Å². The van der Waals surface area contributed by atoms with Crippen LogP contribution in [0.1, 0.15) is 5.69 Å². The lowest BCUT2D eigenvalue weighted by molar-refractivity contribution is -0.138. The van der Waals surface area contributed by atoms with Gasteiger partial charge in [-0.1, -0.05) is 0 Å².